The minimum atomic E-state index is -0.175. The van der Waals surface area contributed by atoms with Crippen LogP contribution in [0.5, 0.6) is 0 Å². The number of hydrogen-bond acceptors (Lipinski definition) is 2. The zero-order chi connectivity index (χ0) is 16.5. The topological polar surface area (TPSA) is 42.0 Å². The molecule has 4 rings (SSSR count). The summed E-state index contributed by atoms with van der Waals surface area (Å²) >= 11 is 6.01. The molecule has 1 N–H and O–H groups in total. The first-order chi connectivity index (χ1) is 11.7. The second-order valence-electron chi connectivity index (χ2n) is 6.92. The summed E-state index contributed by atoms with van der Waals surface area (Å²) in [6.45, 7) is 0. The fraction of sp³-hybridized carbons (Fsp3) is 0.400. The molecule has 2 aromatic rings. The molecule has 2 aliphatic carbocycles. The number of rotatable bonds is 4. The molecule has 4 heteroatoms. The van der Waals surface area contributed by atoms with E-state index in [1.165, 1.54) is 25.7 Å². The Labute approximate surface area is 147 Å². The van der Waals surface area contributed by atoms with Crippen molar-refractivity contribution in [2.24, 2.45) is 17.8 Å². The average Bonchev–Trinajstić information content (AvgIpc) is 3.36. The highest BCUT2D eigenvalue weighted by atomic mass is 35.5. The second kappa shape index (κ2) is 6.56. The van der Waals surface area contributed by atoms with Crippen LogP contribution in [0.3, 0.4) is 0 Å². The lowest BCUT2D eigenvalue weighted by atomic mass is 10.00. The Bertz CT molecular complexity index is 704. The van der Waals surface area contributed by atoms with E-state index >= 15 is 0 Å². The molecular weight excluding hydrogens is 320 g/mol. The van der Waals surface area contributed by atoms with E-state index in [0.717, 1.165) is 11.1 Å². The lowest BCUT2D eigenvalue weighted by molar-refractivity contribution is -0.123. The second-order valence-corrected chi connectivity index (χ2v) is 7.35. The molecule has 1 amide bonds. The van der Waals surface area contributed by atoms with Crippen molar-refractivity contribution in [3.8, 4) is 0 Å². The van der Waals surface area contributed by atoms with Gasteiger partial charge in [0, 0.05) is 23.3 Å². The molecule has 1 unspecified atom stereocenters. The van der Waals surface area contributed by atoms with Gasteiger partial charge in [-0.1, -0.05) is 42.6 Å². The minimum Gasteiger partial charge on any atom is -0.345 e. The number of nitrogens with one attached hydrogen (secondary N) is 1. The number of carbonyl (C=O) groups excluding carboxylic acids is 1. The molecular formula is C20H21ClN2O. The summed E-state index contributed by atoms with van der Waals surface area (Å²) < 4.78 is 0. The van der Waals surface area contributed by atoms with Gasteiger partial charge in [0.2, 0.25) is 5.91 Å². The first-order valence-electron chi connectivity index (χ1n) is 8.70. The number of halogens is 1. The van der Waals surface area contributed by atoms with E-state index in [4.69, 9.17) is 11.6 Å². The van der Waals surface area contributed by atoms with Gasteiger partial charge in [-0.25, -0.2) is 0 Å². The molecule has 0 aliphatic heterocycles. The van der Waals surface area contributed by atoms with Crippen LogP contribution < -0.4 is 5.32 Å². The van der Waals surface area contributed by atoms with Crippen molar-refractivity contribution in [1.29, 1.82) is 0 Å². The van der Waals surface area contributed by atoms with Gasteiger partial charge in [-0.05, 0) is 54.0 Å². The zero-order valence-electron chi connectivity index (χ0n) is 13.5. The monoisotopic (exact) mass is 340 g/mol. The van der Waals surface area contributed by atoms with E-state index in [1.54, 1.807) is 6.20 Å². The summed E-state index contributed by atoms with van der Waals surface area (Å²) in [7, 11) is 0. The Balaban J connectivity index is 1.56. The maximum atomic E-state index is 12.8. The minimum absolute atomic E-state index is 0.175. The van der Waals surface area contributed by atoms with Crippen LogP contribution in [-0.2, 0) is 4.79 Å². The van der Waals surface area contributed by atoms with Crippen LogP contribution in [0.25, 0.3) is 0 Å². The molecule has 1 heterocycles. The summed E-state index contributed by atoms with van der Waals surface area (Å²) in [5, 5.41) is 3.96. The van der Waals surface area contributed by atoms with E-state index < -0.39 is 0 Å². The number of benzene rings is 1. The molecule has 2 fully saturated rings. The smallest absolute Gasteiger partial charge is 0.224 e. The van der Waals surface area contributed by atoms with Crippen LogP contribution in [0.4, 0.5) is 0 Å². The normalized spacial score (nSPS) is 26.3. The average molecular weight is 341 g/mol. The van der Waals surface area contributed by atoms with E-state index in [-0.39, 0.29) is 17.9 Å². The lowest BCUT2D eigenvalue weighted by Crippen LogP contribution is -2.31. The molecule has 1 aromatic heterocycles. The Hall–Kier alpha value is -1.87. The predicted octanol–water partition coefficient (Wildman–Crippen LogP) is 4.38. The third-order valence-electron chi connectivity index (χ3n) is 5.47. The Kier molecular flexibility index (Phi) is 4.28. The van der Waals surface area contributed by atoms with Gasteiger partial charge < -0.3 is 5.32 Å². The predicted molar refractivity (Wildman–Crippen MR) is 94.6 cm³/mol. The fourth-order valence-corrected chi connectivity index (χ4v) is 4.31. The van der Waals surface area contributed by atoms with Crippen molar-refractivity contribution in [1.82, 2.24) is 10.3 Å². The molecule has 1 aromatic carbocycles. The van der Waals surface area contributed by atoms with Crippen molar-refractivity contribution >= 4 is 17.5 Å². The first-order valence-corrected chi connectivity index (χ1v) is 9.07. The molecule has 124 valence electrons. The van der Waals surface area contributed by atoms with E-state index in [2.05, 4.69) is 10.3 Å². The van der Waals surface area contributed by atoms with Gasteiger partial charge in [0.1, 0.15) is 0 Å². The highest BCUT2D eigenvalue weighted by Gasteiger charge is 2.54. The highest BCUT2D eigenvalue weighted by Crippen LogP contribution is 2.55. The molecule has 2 saturated carbocycles. The van der Waals surface area contributed by atoms with Crippen molar-refractivity contribution in [3.05, 3.63) is 64.9 Å². The van der Waals surface area contributed by atoms with Crippen molar-refractivity contribution in [2.45, 2.75) is 31.7 Å². The number of nitrogens with zero attached hydrogens (tertiary/aromatic N) is 1. The van der Waals surface area contributed by atoms with Crippen LogP contribution in [0.2, 0.25) is 5.02 Å². The number of fused-ring (bicyclic) bond motifs is 1. The van der Waals surface area contributed by atoms with E-state index in [1.807, 2.05) is 42.6 Å². The molecule has 24 heavy (non-hydrogen) atoms. The van der Waals surface area contributed by atoms with Gasteiger partial charge in [0.05, 0.1) is 6.04 Å². The summed E-state index contributed by atoms with van der Waals surface area (Å²) in [5.41, 5.74) is 2.03. The number of carbonyl (C=O) groups is 1. The molecule has 0 bridgehead atoms. The van der Waals surface area contributed by atoms with Crippen LogP contribution >= 0.6 is 11.6 Å². The number of aromatic nitrogens is 1. The Morgan fingerprint density at radius 1 is 1.08 bits per heavy atom. The van der Waals surface area contributed by atoms with Crippen LogP contribution in [0.15, 0.2) is 48.8 Å². The standard InChI is InChI=1S/C20H21ClN2O/c21-15-9-7-13(8-10-15)19(14-4-3-11-22-12-14)23-20(24)18-16-5-1-2-6-17(16)18/h3-4,7-12,16-19H,1-2,5-6H2,(H,23,24)/t16-,17+,18?,19-/m1/s1. The van der Waals surface area contributed by atoms with Crippen molar-refractivity contribution in [3.63, 3.8) is 0 Å². The fourth-order valence-electron chi connectivity index (χ4n) is 4.18. The largest absolute Gasteiger partial charge is 0.345 e. The number of hydrogen-bond donors (Lipinski definition) is 1. The van der Waals surface area contributed by atoms with Crippen molar-refractivity contribution in [2.75, 3.05) is 0 Å². The SMILES string of the molecule is O=C(N[C@H](c1ccc(Cl)cc1)c1cccnc1)C1[C@H]2CCCC[C@@H]12. The van der Waals surface area contributed by atoms with Crippen molar-refractivity contribution < 1.29 is 4.79 Å². The molecule has 3 nitrogen and oxygen atoms in total. The Morgan fingerprint density at radius 2 is 1.79 bits per heavy atom. The van der Waals surface area contributed by atoms with Crippen LogP contribution in [0, 0.1) is 17.8 Å². The maximum Gasteiger partial charge on any atom is 0.224 e. The lowest BCUT2D eigenvalue weighted by Gasteiger charge is -2.20. The zero-order valence-corrected chi connectivity index (χ0v) is 14.2. The maximum absolute atomic E-state index is 12.8. The third kappa shape index (κ3) is 3.05. The third-order valence-corrected chi connectivity index (χ3v) is 5.72. The summed E-state index contributed by atoms with van der Waals surface area (Å²) in [5.74, 6) is 1.62. The highest BCUT2D eigenvalue weighted by molar-refractivity contribution is 6.30. The number of amides is 1. The van der Waals surface area contributed by atoms with Gasteiger partial charge in [0.25, 0.3) is 0 Å². The summed E-state index contributed by atoms with van der Waals surface area (Å²) in [6, 6.07) is 11.4. The van der Waals surface area contributed by atoms with E-state index in [9.17, 15) is 4.79 Å². The molecule has 0 saturated heterocycles. The number of pyridine rings is 1. The molecule has 0 spiro atoms. The van der Waals surface area contributed by atoms with Gasteiger partial charge in [0.15, 0.2) is 0 Å². The molecule has 0 radical (unpaired) electrons. The van der Waals surface area contributed by atoms with Gasteiger partial charge in [-0.2, -0.15) is 0 Å². The quantitative estimate of drug-likeness (QED) is 0.897. The molecule has 2 aliphatic rings. The van der Waals surface area contributed by atoms with Gasteiger partial charge in [-0.3, -0.25) is 9.78 Å². The van der Waals surface area contributed by atoms with Gasteiger partial charge >= 0.3 is 0 Å². The summed E-state index contributed by atoms with van der Waals surface area (Å²) in [4.78, 5) is 17.0. The first kappa shape index (κ1) is 15.6. The molecule has 4 atom stereocenters. The van der Waals surface area contributed by atoms with Crippen LogP contribution in [0.1, 0.15) is 42.9 Å². The van der Waals surface area contributed by atoms with Gasteiger partial charge in [-0.15, -0.1) is 0 Å². The van der Waals surface area contributed by atoms with Crippen LogP contribution in [-0.4, -0.2) is 10.9 Å². The Morgan fingerprint density at radius 3 is 2.42 bits per heavy atom. The summed E-state index contributed by atoms with van der Waals surface area (Å²) in [6.07, 6.45) is 8.53. The van der Waals surface area contributed by atoms with E-state index in [0.29, 0.717) is 16.9 Å².